The van der Waals surface area contributed by atoms with E-state index in [4.69, 9.17) is 4.74 Å². The number of hydrogen-bond acceptors (Lipinski definition) is 7. The summed E-state index contributed by atoms with van der Waals surface area (Å²) in [5.41, 5.74) is 5.73. The number of fused-ring (bicyclic) bond motifs is 3. The van der Waals surface area contributed by atoms with Gasteiger partial charge in [0.15, 0.2) is 5.65 Å². The number of anilines is 1. The maximum absolute atomic E-state index is 10.0. The van der Waals surface area contributed by atoms with Crippen molar-refractivity contribution in [3.63, 3.8) is 0 Å². The molecule has 4 aromatic rings. The summed E-state index contributed by atoms with van der Waals surface area (Å²) in [6.45, 7) is 2.42. The van der Waals surface area contributed by atoms with E-state index in [2.05, 4.69) is 41.6 Å². The molecule has 0 radical (unpaired) electrons. The minimum absolute atomic E-state index is 0.0743. The molecule has 4 rings (SSSR count). The van der Waals surface area contributed by atoms with E-state index < -0.39 is 0 Å². The summed E-state index contributed by atoms with van der Waals surface area (Å²) in [5, 5.41) is 23.5. The van der Waals surface area contributed by atoms with Crippen molar-refractivity contribution in [1.29, 1.82) is 0 Å². The molecule has 0 saturated carbocycles. The second kappa shape index (κ2) is 7.43. The van der Waals surface area contributed by atoms with Gasteiger partial charge in [0.05, 0.1) is 18.3 Å². The summed E-state index contributed by atoms with van der Waals surface area (Å²) >= 11 is 3.48. The predicted molar refractivity (Wildman–Crippen MR) is 112 cm³/mol. The van der Waals surface area contributed by atoms with E-state index in [-0.39, 0.29) is 11.7 Å². The van der Waals surface area contributed by atoms with Crippen LogP contribution in [0.1, 0.15) is 12.5 Å². The molecule has 0 spiro atoms. The fourth-order valence-electron chi connectivity index (χ4n) is 2.93. The Hall–Kier alpha value is -3.20. The van der Waals surface area contributed by atoms with E-state index >= 15 is 0 Å². The van der Waals surface area contributed by atoms with Gasteiger partial charge >= 0.3 is 0 Å². The first-order valence-corrected chi connectivity index (χ1v) is 9.39. The lowest BCUT2D eigenvalue weighted by molar-refractivity contribution is 0.337. The Morgan fingerprint density at radius 3 is 2.89 bits per heavy atom. The highest BCUT2D eigenvalue weighted by Gasteiger charge is 2.12. The smallest absolute Gasteiger partial charge is 0.265 e. The predicted octanol–water partition coefficient (Wildman–Crippen LogP) is 3.83. The summed E-state index contributed by atoms with van der Waals surface area (Å²) in [6, 6.07) is 11.0. The Bertz CT molecular complexity index is 1200. The van der Waals surface area contributed by atoms with Gasteiger partial charge in [0.25, 0.3) is 5.95 Å². The van der Waals surface area contributed by atoms with E-state index in [0.29, 0.717) is 23.6 Å². The summed E-state index contributed by atoms with van der Waals surface area (Å²) in [7, 11) is 1.93. The lowest BCUT2D eigenvalue weighted by atomic mass is 10.2. The molecule has 0 aliphatic heterocycles. The highest BCUT2D eigenvalue weighted by molar-refractivity contribution is 9.10. The number of hydrogen-bond donors (Lipinski definition) is 2. The summed E-state index contributed by atoms with van der Waals surface area (Å²) < 4.78 is 8.27. The number of aromatic nitrogens is 4. The van der Waals surface area contributed by atoms with Crippen LogP contribution in [0.2, 0.25) is 0 Å². The molecule has 0 fully saturated rings. The molecular weight excluding hydrogens is 424 g/mol. The third-order valence-electron chi connectivity index (χ3n) is 4.24. The molecule has 2 aromatic carbocycles. The van der Waals surface area contributed by atoms with E-state index in [1.807, 2.05) is 36.7 Å². The molecule has 0 aliphatic carbocycles. The molecule has 0 amide bonds. The first kappa shape index (κ1) is 18.2. The molecule has 0 bridgehead atoms. The Balaban J connectivity index is 1.59. The van der Waals surface area contributed by atoms with Crippen LogP contribution in [0.25, 0.3) is 22.1 Å². The zero-order valence-corrected chi connectivity index (χ0v) is 16.8. The van der Waals surface area contributed by atoms with Crippen LogP contribution < -0.4 is 10.2 Å². The molecule has 8 nitrogen and oxygen atoms in total. The first-order chi connectivity index (χ1) is 13.6. The molecular formula is C19H17BrN6O2. The van der Waals surface area contributed by atoms with Crippen LogP contribution in [0.4, 0.5) is 5.95 Å². The monoisotopic (exact) mass is 440 g/mol. The maximum atomic E-state index is 10.0. The van der Waals surface area contributed by atoms with Crippen molar-refractivity contribution < 1.29 is 9.84 Å². The van der Waals surface area contributed by atoms with Crippen molar-refractivity contribution in [3.05, 3.63) is 46.4 Å². The molecule has 0 atom stereocenters. The van der Waals surface area contributed by atoms with Gasteiger partial charge in [-0.25, -0.2) is 5.43 Å². The second-order valence-electron chi connectivity index (χ2n) is 6.05. The summed E-state index contributed by atoms with van der Waals surface area (Å²) in [4.78, 5) is 4.50. The van der Waals surface area contributed by atoms with E-state index in [1.165, 1.54) is 6.21 Å². The number of aryl methyl sites for hydroxylation is 1. The molecule has 0 aliphatic rings. The van der Waals surface area contributed by atoms with E-state index in [9.17, 15) is 5.11 Å². The van der Waals surface area contributed by atoms with Gasteiger partial charge in [-0.3, -0.25) is 0 Å². The van der Waals surface area contributed by atoms with Crippen molar-refractivity contribution in [2.45, 2.75) is 6.92 Å². The summed E-state index contributed by atoms with van der Waals surface area (Å²) in [6.07, 6.45) is 1.48. The largest absolute Gasteiger partial charge is 0.507 e. The Kier molecular flexibility index (Phi) is 4.82. The number of nitrogens with one attached hydrogen (secondary N) is 1. The Morgan fingerprint density at radius 2 is 2.11 bits per heavy atom. The van der Waals surface area contributed by atoms with Crippen molar-refractivity contribution in [2.75, 3.05) is 12.0 Å². The van der Waals surface area contributed by atoms with Gasteiger partial charge in [0, 0.05) is 28.5 Å². The minimum atomic E-state index is 0.0743. The molecule has 9 heteroatoms. The standard InChI is InChI=1S/C19H17BrN6O2/c1-3-28-13-6-4-11(16(27)9-13)10-21-24-19-22-18-17(23-25-19)14-8-12(20)5-7-15(14)26(18)2/h4-10,27H,3H2,1-2H3,(H,22,24,25)/b21-10-. The lowest BCUT2D eigenvalue weighted by Crippen LogP contribution is -2.01. The zero-order chi connectivity index (χ0) is 19.7. The number of phenolic OH excluding ortho intramolecular Hbond substituents is 1. The topological polar surface area (TPSA) is 97.5 Å². The maximum Gasteiger partial charge on any atom is 0.265 e. The normalized spacial score (nSPS) is 11.5. The Morgan fingerprint density at radius 1 is 1.25 bits per heavy atom. The molecule has 0 unspecified atom stereocenters. The fraction of sp³-hybridized carbons (Fsp3) is 0.158. The van der Waals surface area contributed by atoms with Crippen LogP contribution in [0.3, 0.4) is 0 Å². The molecule has 142 valence electrons. The SMILES string of the molecule is CCOc1ccc(/C=N\Nc2nnc3c4cc(Br)ccc4n(C)c3n2)c(O)c1. The third kappa shape index (κ3) is 3.36. The van der Waals surface area contributed by atoms with Crippen molar-refractivity contribution in [1.82, 2.24) is 19.7 Å². The number of aromatic hydroxyl groups is 1. The van der Waals surface area contributed by atoms with Gasteiger partial charge in [-0.15, -0.1) is 10.2 Å². The average Bonchev–Trinajstić information content (AvgIpc) is 2.95. The lowest BCUT2D eigenvalue weighted by Gasteiger charge is -2.05. The van der Waals surface area contributed by atoms with Crippen LogP contribution >= 0.6 is 15.9 Å². The molecule has 0 saturated heterocycles. The molecule has 28 heavy (non-hydrogen) atoms. The van der Waals surface area contributed by atoms with Gasteiger partial charge in [0.1, 0.15) is 17.0 Å². The van der Waals surface area contributed by atoms with Gasteiger partial charge in [-0.2, -0.15) is 10.1 Å². The quantitative estimate of drug-likeness (QED) is 0.361. The minimum Gasteiger partial charge on any atom is -0.507 e. The number of ether oxygens (including phenoxy) is 1. The van der Waals surface area contributed by atoms with Crippen molar-refractivity contribution in [2.24, 2.45) is 12.1 Å². The fourth-order valence-corrected chi connectivity index (χ4v) is 3.29. The van der Waals surface area contributed by atoms with Crippen LogP contribution in [0.5, 0.6) is 11.5 Å². The van der Waals surface area contributed by atoms with E-state index in [1.54, 1.807) is 18.2 Å². The van der Waals surface area contributed by atoms with Gasteiger partial charge in [-0.1, -0.05) is 15.9 Å². The number of rotatable bonds is 5. The highest BCUT2D eigenvalue weighted by atomic mass is 79.9. The van der Waals surface area contributed by atoms with Gasteiger partial charge < -0.3 is 14.4 Å². The van der Waals surface area contributed by atoms with Crippen molar-refractivity contribution in [3.8, 4) is 11.5 Å². The second-order valence-corrected chi connectivity index (χ2v) is 6.97. The Labute approximate surface area is 169 Å². The molecule has 2 heterocycles. The number of hydrazone groups is 1. The van der Waals surface area contributed by atoms with Crippen LogP contribution in [-0.2, 0) is 7.05 Å². The van der Waals surface area contributed by atoms with Gasteiger partial charge in [-0.05, 0) is 37.3 Å². The van der Waals surface area contributed by atoms with E-state index in [0.717, 1.165) is 20.9 Å². The first-order valence-electron chi connectivity index (χ1n) is 8.60. The number of phenols is 1. The molecule has 2 aromatic heterocycles. The average molecular weight is 441 g/mol. The third-order valence-corrected chi connectivity index (χ3v) is 4.74. The van der Waals surface area contributed by atoms with Crippen molar-refractivity contribution >= 4 is 50.2 Å². The summed E-state index contributed by atoms with van der Waals surface area (Å²) in [5.74, 6) is 0.940. The van der Waals surface area contributed by atoms with Crippen LogP contribution in [0, 0.1) is 0 Å². The van der Waals surface area contributed by atoms with Gasteiger partial charge in [0.2, 0.25) is 0 Å². The van der Waals surface area contributed by atoms with Crippen LogP contribution in [-0.4, -0.2) is 37.7 Å². The number of benzene rings is 2. The molecule has 2 N–H and O–H groups in total. The highest BCUT2D eigenvalue weighted by Crippen LogP contribution is 2.28. The number of nitrogens with zero attached hydrogens (tertiary/aromatic N) is 5. The zero-order valence-electron chi connectivity index (χ0n) is 15.2. The number of halogens is 1. The van der Waals surface area contributed by atoms with Crippen LogP contribution in [0.15, 0.2) is 46.0 Å².